The lowest BCUT2D eigenvalue weighted by Gasteiger charge is -2.20. The van der Waals surface area contributed by atoms with Crippen LogP contribution in [0.15, 0.2) is 0 Å². The standard InChI is InChI=1S/C11H19N3O/c1-7-11(12)8(2)14(13-7)9-5-4-6-10(9)15-3/h9-10H,4-6,12H2,1-3H3. The number of anilines is 1. The van der Waals surface area contributed by atoms with Crippen molar-refractivity contribution in [1.29, 1.82) is 0 Å². The van der Waals surface area contributed by atoms with Gasteiger partial charge in [0.1, 0.15) is 0 Å². The van der Waals surface area contributed by atoms with Gasteiger partial charge in [0, 0.05) is 7.11 Å². The summed E-state index contributed by atoms with van der Waals surface area (Å²) in [5.74, 6) is 0. The molecule has 1 fully saturated rings. The minimum atomic E-state index is 0.294. The molecule has 4 heteroatoms. The van der Waals surface area contributed by atoms with Gasteiger partial charge in [0.25, 0.3) is 0 Å². The van der Waals surface area contributed by atoms with Crippen molar-refractivity contribution in [2.75, 3.05) is 12.8 Å². The summed E-state index contributed by atoms with van der Waals surface area (Å²) < 4.78 is 7.53. The van der Waals surface area contributed by atoms with E-state index in [1.165, 1.54) is 6.42 Å². The Balaban J connectivity index is 2.32. The number of methoxy groups -OCH3 is 1. The number of nitrogens with zero attached hydrogens (tertiary/aromatic N) is 2. The van der Waals surface area contributed by atoms with Crippen LogP contribution in [-0.4, -0.2) is 23.0 Å². The van der Waals surface area contributed by atoms with E-state index in [1.54, 1.807) is 7.11 Å². The zero-order valence-electron chi connectivity index (χ0n) is 9.66. The summed E-state index contributed by atoms with van der Waals surface area (Å²) in [7, 11) is 1.78. The van der Waals surface area contributed by atoms with Crippen molar-refractivity contribution >= 4 is 5.69 Å². The van der Waals surface area contributed by atoms with Crippen molar-refractivity contribution in [3.05, 3.63) is 11.4 Å². The maximum absolute atomic E-state index is 5.93. The van der Waals surface area contributed by atoms with Gasteiger partial charge in [0.05, 0.1) is 29.2 Å². The monoisotopic (exact) mass is 209 g/mol. The zero-order chi connectivity index (χ0) is 11.0. The molecule has 0 amide bonds. The number of aryl methyl sites for hydroxylation is 1. The minimum absolute atomic E-state index is 0.294. The van der Waals surface area contributed by atoms with Crippen molar-refractivity contribution in [3.8, 4) is 0 Å². The highest BCUT2D eigenvalue weighted by Crippen LogP contribution is 2.34. The molecular weight excluding hydrogens is 190 g/mol. The Morgan fingerprint density at radius 1 is 1.40 bits per heavy atom. The molecule has 0 saturated heterocycles. The van der Waals surface area contributed by atoms with E-state index in [0.29, 0.717) is 12.1 Å². The lowest BCUT2D eigenvalue weighted by Crippen LogP contribution is -2.22. The number of hydrogen-bond donors (Lipinski definition) is 1. The molecule has 2 rings (SSSR count). The molecule has 1 heterocycles. The number of hydrogen-bond acceptors (Lipinski definition) is 3. The van der Waals surface area contributed by atoms with Crippen LogP contribution in [0.5, 0.6) is 0 Å². The Kier molecular flexibility index (Phi) is 2.69. The van der Waals surface area contributed by atoms with Crippen LogP contribution >= 0.6 is 0 Å². The molecule has 0 spiro atoms. The molecule has 4 nitrogen and oxygen atoms in total. The van der Waals surface area contributed by atoms with Gasteiger partial charge in [-0.05, 0) is 33.1 Å². The fraction of sp³-hybridized carbons (Fsp3) is 0.727. The second kappa shape index (κ2) is 3.85. The summed E-state index contributed by atoms with van der Waals surface area (Å²) in [6.45, 7) is 3.98. The van der Waals surface area contributed by atoms with Gasteiger partial charge in [-0.1, -0.05) is 0 Å². The van der Waals surface area contributed by atoms with Gasteiger partial charge in [-0.25, -0.2) is 0 Å². The molecule has 2 atom stereocenters. The van der Waals surface area contributed by atoms with Crippen molar-refractivity contribution < 1.29 is 4.74 Å². The number of rotatable bonds is 2. The van der Waals surface area contributed by atoms with Crippen molar-refractivity contribution in [2.24, 2.45) is 0 Å². The van der Waals surface area contributed by atoms with Crippen molar-refractivity contribution in [1.82, 2.24) is 9.78 Å². The summed E-state index contributed by atoms with van der Waals surface area (Å²) >= 11 is 0. The fourth-order valence-corrected chi connectivity index (χ4v) is 2.46. The largest absolute Gasteiger partial charge is 0.396 e. The second-order valence-corrected chi connectivity index (χ2v) is 4.30. The predicted octanol–water partition coefficient (Wildman–Crippen LogP) is 1.82. The number of ether oxygens (including phenoxy) is 1. The summed E-state index contributed by atoms with van der Waals surface area (Å²) in [5, 5.41) is 4.50. The van der Waals surface area contributed by atoms with Crippen molar-refractivity contribution in [2.45, 2.75) is 45.3 Å². The SMILES string of the molecule is COC1CCCC1n1nc(C)c(N)c1C. The smallest absolute Gasteiger partial charge is 0.0826 e. The number of nitrogens with two attached hydrogens (primary N) is 1. The van der Waals surface area contributed by atoms with Crippen LogP contribution in [0.25, 0.3) is 0 Å². The van der Waals surface area contributed by atoms with E-state index in [4.69, 9.17) is 10.5 Å². The van der Waals surface area contributed by atoms with Crippen LogP contribution in [0.3, 0.4) is 0 Å². The van der Waals surface area contributed by atoms with E-state index >= 15 is 0 Å². The average molecular weight is 209 g/mol. The summed E-state index contributed by atoms with van der Waals surface area (Å²) in [4.78, 5) is 0. The van der Waals surface area contributed by atoms with Crippen LogP contribution in [0.4, 0.5) is 5.69 Å². The highest BCUT2D eigenvalue weighted by atomic mass is 16.5. The molecule has 0 aliphatic heterocycles. The maximum Gasteiger partial charge on any atom is 0.0826 e. The van der Waals surface area contributed by atoms with E-state index in [-0.39, 0.29) is 0 Å². The second-order valence-electron chi connectivity index (χ2n) is 4.30. The third-order valence-corrected chi connectivity index (χ3v) is 3.42. The third kappa shape index (κ3) is 1.63. The Labute approximate surface area is 90.4 Å². The zero-order valence-corrected chi connectivity index (χ0v) is 9.66. The van der Waals surface area contributed by atoms with Gasteiger partial charge < -0.3 is 10.5 Å². The van der Waals surface area contributed by atoms with Gasteiger partial charge in [0.2, 0.25) is 0 Å². The van der Waals surface area contributed by atoms with Crippen LogP contribution < -0.4 is 5.73 Å². The fourth-order valence-electron chi connectivity index (χ4n) is 2.46. The molecule has 15 heavy (non-hydrogen) atoms. The highest BCUT2D eigenvalue weighted by Gasteiger charge is 2.30. The third-order valence-electron chi connectivity index (χ3n) is 3.42. The van der Waals surface area contributed by atoms with E-state index in [2.05, 4.69) is 5.10 Å². The topological polar surface area (TPSA) is 53.1 Å². The van der Waals surface area contributed by atoms with Crippen LogP contribution in [-0.2, 0) is 4.74 Å². The first-order chi connectivity index (χ1) is 7.15. The molecule has 1 aromatic heterocycles. The first-order valence-electron chi connectivity index (χ1n) is 5.49. The summed E-state index contributed by atoms with van der Waals surface area (Å²) in [5.41, 5.74) is 8.75. The Morgan fingerprint density at radius 2 is 2.13 bits per heavy atom. The van der Waals surface area contributed by atoms with Crippen LogP contribution in [0.2, 0.25) is 0 Å². The highest BCUT2D eigenvalue weighted by molar-refractivity contribution is 5.47. The van der Waals surface area contributed by atoms with Gasteiger partial charge in [-0.15, -0.1) is 0 Å². The first kappa shape index (κ1) is 10.5. The van der Waals surface area contributed by atoms with E-state index in [9.17, 15) is 0 Å². The van der Waals surface area contributed by atoms with Crippen LogP contribution in [0.1, 0.15) is 36.7 Å². The van der Waals surface area contributed by atoms with E-state index in [0.717, 1.165) is 29.9 Å². The van der Waals surface area contributed by atoms with Crippen LogP contribution in [0, 0.1) is 13.8 Å². The summed E-state index contributed by atoms with van der Waals surface area (Å²) in [6.07, 6.45) is 3.77. The molecule has 2 unspecified atom stereocenters. The van der Waals surface area contributed by atoms with Gasteiger partial charge in [-0.2, -0.15) is 5.10 Å². The number of nitrogen functional groups attached to an aromatic ring is 1. The molecular formula is C11H19N3O. The predicted molar refractivity (Wildman–Crippen MR) is 59.8 cm³/mol. The Hall–Kier alpha value is -1.03. The molecule has 0 bridgehead atoms. The number of aromatic nitrogens is 2. The average Bonchev–Trinajstić information content (AvgIpc) is 2.78. The van der Waals surface area contributed by atoms with Gasteiger partial charge in [0.15, 0.2) is 0 Å². The molecule has 1 aliphatic rings. The molecule has 1 aliphatic carbocycles. The molecule has 84 valence electrons. The first-order valence-corrected chi connectivity index (χ1v) is 5.49. The quantitative estimate of drug-likeness (QED) is 0.808. The normalized spacial score (nSPS) is 26.1. The maximum atomic E-state index is 5.93. The van der Waals surface area contributed by atoms with Gasteiger partial charge >= 0.3 is 0 Å². The van der Waals surface area contributed by atoms with E-state index < -0.39 is 0 Å². The molecule has 1 saturated carbocycles. The Bertz CT molecular complexity index is 359. The van der Waals surface area contributed by atoms with Gasteiger partial charge in [-0.3, -0.25) is 4.68 Å². The molecule has 0 radical (unpaired) electrons. The Morgan fingerprint density at radius 3 is 2.67 bits per heavy atom. The summed E-state index contributed by atoms with van der Waals surface area (Å²) in [6, 6.07) is 0.367. The van der Waals surface area contributed by atoms with Crippen molar-refractivity contribution in [3.63, 3.8) is 0 Å². The van der Waals surface area contributed by atoms with E-state index in [1.807, 2.05) is 18.5 Å². The molecule has 2 N–H and O–H groups in total. The molecule has 0 aromatic carbocycles. The molecule has 1 aromatic rings. The lowest BCUT2D eigenvalue weighted by atomic mass is 10.2. The minimum Gasteiger partial charge on any atom is -0.396 e. The lowest BCUT2D eigenvalue weighted by molar-refractivity contribution is 0.0701.